The minimum absolute atomic E-state index is 0.235. The third-order valence-corrected chi connectivity index (χ3v) is 5.41. The number of hydrogen-bond acceptors (Lipinski definition) is 3. The summed E-state index contributed by atoms with van der Waals surface area (Å²) >= 11 is 0. The number of hydrogen-bond donors (Lipinski definition) is 1. The minimum atomic E-state index is -3.60. The van der Waals surface area contributed by atoms with E-state index in [1.807, 2.05) is 39.0 Å². The molecular formula is C21H21NO3S. The molecule has 0 amide bonds. The van der Waals surface area contributed by atoms with Crippen LogP contribution in [0, 0.1) is 20.8 Å². The lowest BCUT2D eigenvalue weighted by Gasteiger charge is -2.11. The summed E-state index contributed by atoms with van der Waals surface area (Å²) in [6.07, 6.45) is 0. The fraction of sp³-hybridized carbons (Fsp3) is 0.143. The van der Waals surface area contributed by atoms with Gasteiger partial charge in [-0.25, -0.2) is 8.42 Å². The second-order valence-electron chi connectivity index (χ2n) is 6.31. The molecule has 26 heavy (non-hydrogen) atoms. The summed E-state index contributed by atoms with van der Waals surface area (Å²) in [7, 11) is -3.60. The molecule has 3 aromatic rings. The number of benzene rings is 3. The van der Waals surface area contributed by atoms with Gasteiger partial charge in [0.05, 0.1) is 4.90 Å². The van der Waals surface area contributed by atoms with E-state index < -0.39 is 10.0 Å². The topological polar surface area (TPSA) is 55.4 Å². The van der Waals surface area contributed by atoms with Gasteiger partial charge in [0.2, 0.25) is 0 Å². The second-order valence-corrected chi connectivity index (χ2v) is 8.00. The SMILES string of the molecule is Cc1ccc(S(=O)(=O)Nc2ccc(Oc3cc(C)ccc3C)cc2)cc1. The number of nitrogens with one attached hydrogen (secondary N) is 1. The quantitative estimate of drug-likeness (QED) is 0.674. The Balaban J connectivity index is 1.75. The molecule has 0 heterocycles. The molecule has 3 aromatic carbocycles. The van der Waals surface area contributed by atoms with Crippen molar-refractivity contribution in [1.82, 2.24) is 0 Å². The van der Waals surface area contributed by atoms with Crippen LogP contribution in [0.1, 0.15) is 16.7 Å². The van der Waals surface area contributed by atoms with E-state index in [1.165, 1.54) is 0 Å². The average Bonchev–Trinajstić information content (AvgIpc) is 2.60. The van der Waals surface area contributed by atoms with E-state index in [0.29, 0.717) is 11.4 Å². The van der Waals surface area contributed by atoms with Crippen LogP contribution >= 0.6 is 0 Å². The predicted molar refractivity (Wildman–Crippen MR) is 104 cm³/mol. The molecule has 0 unspecified atom stereocenters. The zero-order valence-corrected chi connectivity index (χ0v) is 15.8. The van der Waals surface area contributed by atoms with Crippen LogP contribution in [0.15, 0.2) is 71.6 Å². The maximum atomic E-state index is 12.4. The molecule has 1 N–H and O–H groups in total. The highest BCUT2D eigenvalue weighted by Gasteiger charge is 2.13. The second kappa shape index (κ2) is 7.22. The lowest BCUT2D eigenvalue weighted by atomic mass is 10.1. The number of aryl methyl sites for hydroxylation is 3. The van der Waals surface area contributed by atoms with E-state index in [4.69, 9.17) is 4.74 Å². The fourth-order valence-corrected chi connectivity index (χ4v) is 3.53. The normalized spacial score (nSPS) is 11.2. The lowest BCUT2D eigenvalue weighted by Crippen LogP contribution is -2.12. The first-order chi connectivity index (χ1) is 12.3. The summed E-state index contributed by atoms with van der Waals surface area (Å²) in [6, 6.07) is 19.6. The van der Waals surface area contributed by atoms with Crippen LogP contribution in [0.2, 0.25) is 0 Å². The standard InChI is InChI=1S/C21H21NO3S/c1-15-5-12-20(13-6-15)26(23,24)22-18-8-10-19(11-9-18)25-21-14-16(2)4-7-17(21)3/h4-14,22H,1-3H3. The Labute approximate surface area is 154 Å². The van der Waals surface area contributed by atoms with E-state index in [1.54, 1.807) is 48.5 Å². The molecule has 0 fully saturated rings. The van der Waals surface area contributed by atoms with Gasteiger partial charge >= 0.3 is 0 Å². The third-order valence-electron chi connectivity index (χ3n) is 4.01. The number of sulfonamides is 1. The van der Waals surface area contributed by atoms with Crippen molar-refractivity contribution in [3.8, 4) is 11.5 Å². The van der Waals surface area contributed by atoms with Gasteiger partial charge in [-0.2, -0.15) is 0 Å². The Bertz CT molecular complexity index is 1010. The van der Waals surface area contributed by atoms with Gasteiger partial charge in [-0.05, 0) is 74.4 Å². The van der Waals surface area contributed by atoms with Gasteiger partial charge in [0, 0.05) is 5.69 Å². The van der Waals surface area contributed by atoms with Crippen molar-refractivity contribution in [2.45, 2.75) is 25.7 Å². The van der Waals surface area contributed by atoms with Crippen molar-refractivity contribution in [2.75, 3.05) is 4.72 Å². The molecular weight excluding hydrogens is 346 g/mol. The van der Waals surface area contributed by atoms with Gasteiger partial charge in [0.15, 0.2) is 0 Å². The van der Waals surface area contributed by atoms with Gasteiger partial charge in [-0.1, -0.05) is 29.8 Å². The van der Waals surface area contributed by atoms with Crippen molar-refractivity contribution in [3.63, 3.8) is 0 Å². The number of rotatable bonds is 5. The van der Waals surface area contributed by atoms with Crippen LogP contribution in [0.3, 0.4) is 0 Å². The fourth-order valence-electron chi connectivity index (χ4n) is 2.47. The molecule has 0 saturated carbocycles. The van der Waals surface area contributed by atoms with E-state index in [0.717, 1.165) is 22.4 Å². The Morgan fingerprint density at radius 2 is 1.38 bits per heavy atom. The summed E-state index contributed by atoms with van der Waals surface area (Å²) in [5.41, 5.74) is 3.66. The van der Waals surface area contributed by atoms with Crippen molar-refractivity contribution in [1.29, 1.82) is 0 Å². The van der Waals surface area contributed by atoms with Crippen molar-refractivity contribution < 1.29 is 13.2 Å². The molecule has 0 aromatic heterocycles. The van der Waals surface area contributed by atoms with Crippen molar-refractivity contribution >= 4 is 15.7 Å². The molecule has 0 aliphatic rings. The average molecular weight is 367 g/mol. The van der Waals surface area contributed by atoms with E-state index in [2.05, 4.69) is 4.72 Å². The highest BCUT2D eigenvalue weighted by atomic mass is 32.2. The highest BCUT2D eigenvalue weighted by molar-refractivity contribution is 7.92. The summed E-state index contributed by atoms with van der Waals surface area (Å²) in [6.45, 7) is 5.91. The largest absolute Gasteiger partial charge is 0.457 e. The number of ether oxygens (including phenoxy) is 1. The first-order valence-electron chi connectivity index (χ1n) is 8.28. The van der Waals surface area contributed by atoms with Crippen LogP contribution in [0.25, 0.3) is 0 Å². The third kappa shape index (κ3) is 4.24. The zero-order chi connectivity index (χ0) is 18.7. The smallest absolute Gasteiger partial charge is 0.261 e. The summed E-state index contributed by atoms with van der Waals surface area (Å²) < 4.78 is 33.3. The van der Waals surface area contributed by atoms with Crippen molar-refractivity contribution in [3.05, 3.63) is 83.4 Å². The molecule has 3 rings (SSSR count). The van der Waals surface area contributed by atoms with Crippen LogP contribution < -0.4 is 9.46 Å². The van der Waals surface area contributed by atoms with Crippen LogP contribution in [0.5, 0.6) is 11.5 Å². The number of anilines is 1. The van der Waals surface area contributed by atoms with E-state index in [9.17, 15) is 8.42 Å². The Morgan fingerprint density at radius 1 is 0.769 bits per heavy atom. The molecule has 4 nitrogen and oxygen atoms in total. The highest BCUT2D eigenvalue weighted by Crippen LogP contribution is 2.27. The molecule has 0 bridgehead atoms. The molecule has 0 aliphatic carbocycles. The van der Waals surface area contributed by atoms with Gasteiger partial charge in [-0.15, -0.1) is 0 Å². The minimum Gasteiger partial charge on any atom is -0.457 e. The molecule has 0 saturated heterocycles. The monoisotopic (exact) mass is 367 g/mol. The van der Waals surface area contributed by atoms with Gasteiger partial charge < -0.3 is 4.74 Å². The zero-order valence-electron chi connectivity index (χ0n) is 15.0. The summed E-state index contributed by atoms with van der Waals surface area (Å²) in [5, 5.41) is 0. The first-order valence-corrected chi connectivity index (χ1v) is 9.76. The van der Waals surface area contributed by atoms with E-state index in [-0.39, 0.29) is 4.90 Å². The molecule has 134 valence electrons. The summed E-state index contributed by atoms with van der Waals surface area (Å²) in [4.78, 5) is 0.235. The Kier molecular flexibility index (Phi) is 5.00. The molecule has 0 aliphatic heterocycles. The molecule has 0 spiro atoms. The van der Waals surface area contributed by atoms with E-state index >= 15 is 0 Å². The Hall–Kier alpha value is -2.79. The summed E-state index contributed by atoms with van der Waals surface area (Å²) in [5.74, 6) is 1.44. The van der Waals surface area contributed by atoms with Gasteiger partial charge in [0.25, 0.3) is 10.0 Å². The lowest BCUT2D eigenvalue weighted by molar-refractivity contribution is 0.478. The first kappa shape index (κ1) is 18.0. The molecule has 0 radical (unpaired) electrons. The van der Waals surface area contributed by atoms with Crippen LogP contribution in [-0.4, -0.2) is 8.42 Å². The maximum absolute atomic E-state index is 12.4. The molecule has 5 heteroatoms. The predicted octanol–water partition coefficient (Wildman–Crippen LogP) is 5.20. The van der Waals surface area contributed by atoms with Crippen LogP contribution in [0.4, 0.5) is 5.69 Å². The Morgan fingerprint density at radius 3 is 2.04 bits per heavy atom. The van der Waals surface area contributed by atoms with Gasteiger partial charge in [0.1, 0.15) is 11.5 Å². The van der Waals surface area contributed by atoms with Crippen LogP contribution in [-0.2, 0) is 10.0 Å². The maximum Gasteiger partial charge on any atom is 0.261 e. The molecule has 0 atom stereocenters. The van der Waals surface area contributed by atoms with Crippen molar-refractivity contribution in [2.24, 2.45) is 0 Å². The van der Waals surface area contributed by atoms with Gasteiger partial charge in [-0.3, -0.25) is 4.72 Å².